The van der Waals surface area contributed by atoms with Gasteiger partial charge in [-0.2, -0.15) is 4.98 Å². The number of esters is 4. The van der Waals surface area contributed by atoms with Crippen LogP contribution in [0.25, 0.3) is 0 Å². The maximum Gasteiger partial charge on any atom is 0.336 e. The first-order valence-electron chi connectivity index (χ1n) is 30.0. The molecule has 3 amide bonds. The lowest BCUT2D eigenvalue weighted by Gasteiger charge is -2.34. The van der Waals surface area contributed by atoms with Gasteiger partial charge < -0.3 is 43.3 Å². The van der Waals surface area contributed by atoms with E-state index in [1.54, 1.807) is 109 Å². The van der Waals surface area contributed by atoms with Gasteiger partial charge in [-0.15, -0.1) is 0 Å². The molecule has 3 atom stereocenters. The average molecular weight is 1340 g/mol. The molecule has 488 valence electrons. The lowest BCUT2D eigenvalue weighted by molar-refractivity contribution is -0.158. The summed E-state index contributed by atoms with van der Waals surface area (Å²) in [6.45, 7) is 11.6. The summed E-state index contributed by atoms with van der Waals surface area (Å²) in [7, 11) is 0. The van der Waals surface area contributed by atoms with Gasteiger partial charge in [-0.1, -0.05) is 167 Å². The quantitative estimate of drug-likeness (QED) is 0.0620. The van der Waals surface area contributed by atoms with Crippen LogP contribution in [0.4, 0.5) is 0 Å². The van der Waals surface area contributed by atoms with Crippen LogP contribution in [0.3, 0.4) is 0 Å². The second kappa shape index (κ2) is 32.2. The van der Waals surface area contributed by atoms with Gasteiger partial charge in [0.15, 0.2) is 5.82 Å². The fraction of sp³-hybridized carbons (Fsp3) is 0.278. The van der Waals surface area contributed by atoms with Gasteiger partial charge in [-0.3, -0.25) is 24.0 Å². The first-order valence-corrected chi connectivity index (χ1v) is 31.1. The Morgan fingerprint density at radius 2 is 0.809 bits per heavy atom. The van der Waals surface area contributed by atoms with E-state index in [0.717, 1.165) is 38.3 Å². The minimum Gasteiger partial charge on any atom is -0.480 e. The van der Waals surface area contributed by atoms with Gasteiger partial charge >= 0.3 is 29.8 Å². The van der Waals surface area contributed by atoms with E-state index in [2.05, 4.69) is 10.1 Å². The van der Waals surface area contributed by atoms with Crippen molar-refractivity contribution >= 4 is 82.4 Å². The number of ether oxygens (including phenoxy) is 4. The van der Waals surface area contributed by atoms with Gasteiger partial charge in [-0.25, -0.2) is 14.4 Å². The van der Waals surface area contributed by atoms with Gasteiger partial charge in [0.25, 0.3) is 0 Å². The lowest BCUT2D eigenvalue weighted by atomic mass is 9.83. The van der Waals surface area contributed by atoms with Crippen molar-refractivity contribution < 1.29 is 66.9 Å². The molecule has 0 aliphatic carbocycles. The van der Waals surface area contributed by atoms with Crippen LogP contribution in [0, 0.1) is 6.92 Å². The highest BCUT2D eigenvalue weighted by Crippen LogP contribution is 2.41. The minimum atomic E-state index is -1.15. The van der Waals surface area contributed by atoms with Gasteiger partial charge in [0.2, 0.25) is 23.6 Å². The first-order chi connectivity index (χ1) is 44.8. The average Bonchev–Trinajstić information content (AvgIpc) is 0.871. The number of rotatable bonds is 18. The van der Waals surface area contributed by atoms with Crippen LogP contribution in [0.1, 0.15) is 124 Å². The SMILES string of the molecule is CC1=C(C(=O)OCc2ccccc2)C(c2ccc(Cl)cc2)CC(=O)N1CC(=O)O.CC1=C(C(=O)OCc2ccccc2)C(c2ccc(Cl)cc2)CC(=O)N1CC(=O)OC(C)(C)C.CC1=C(C(=O)OCc2ccccc2)C(c2ccc(Cl)cc2)CC(=O)N1Cc1nc(C)no1. The molecule has 0 radical (unpaired) electrons. The number of hydrogen-bond donors (Lipinski definition) is 1. The number of allylic oxidation sites excluding steroid dienone is 3. The van der Waals surface area contributed by atoms with Crippen molar-refractivity contribution in [3.05, 3.63) is 258 Å². The molecule has 3 aliphatic rings. The second-order valence-corrected chi connectivity index (χ2v) is 24.6. The number of aryl methyl sites for hydroxylation is 1. The van der Waals surface area contributed by atoms with Crippen molar-refractivity contribution in [2.24, 2.45) is 0 Å². The molecule has 3 aliphatic heterocycles. The van der Waals surface area contributed by atoms with Crippen LogP contribution in [0.15, 0.2) is 202 Å². The van der Waals surface area contributed by atoms with Gasteiger partial charge in [0, 0.05) is 69.2 Å². The summed E-state index contributed by atoms with van der Waals surface area (Å²) < 4.78 is 27.3. The molecular formula is C72H70Cl3N5O14. The van der Waals surface area contributed by atoms with Crippen molar-refractivity contribution in [3.8, 4) is 0 Å². The Balaban J connectivity index is 0.000000181. The summed E-state index contributed by atoms with van der Waals surface area (Å²) in [6.07, 6.45) is 0.113. The molecule has 1 N–H and O–H groups in total. The normalized spacial score (nSPS) is 16.6. The molecule has 6 aromatic carbocycles. The minimum absolute atomic E-state index is 0.0253. The summed E-state index contributed by atoms with van der Waals surface area (Å²) >= 11 is 18.0. The number of benzene rings is 6. The lowest BCUT2D eigenvalue weighted by Crippen LogP contribution is -2.42. The molecule has 94 heavy (non-hydrogen) atoms. The summed E-state index contributed by atoms with van der Waals surface area (Å²) in [4.78, 5) is 110. The van der Waals surface area contributed by atoms with Crippen LogP contribution < -0.4 is 0 Å². The Kier molecular flexibility index (Phi) is 24.1. The van der Waals surface area contributed by atoms with E-state index >= 15 is 0 Å². The molecule has 0 bridgehead atoms. The Bertz CT molecular complexity index is 3980. The van der Waals surface area contributed by atoms with E-state index in [-0.39, 0.29) is 75.5 Å². The van der Waals surface area contributed by atoms with Crippen LogP contribution >= 0.6 is 34.8 Å². The van der Waals surface area contributed by atoms with Crippen molar-refractivity contribution in [2.75, 3.05) is 13.1 Å². The maximum absolute atomic E-state index is 13.2. The largest absolute Gasteiger partial charge is 0.480 e. The standard InChI is InChI=1S/C26H28ClNO5.C24H22ClN3O4.C22H20ClNO5/c1-17-24(25(31)32-16-18-8-6-5-7-9-18)21(19-10-12-20(27)13-11-19)14-22(29)28(17)15-23(30)33-26(2,3)4;1-15-23(24(30)31-14-17-6-4-3-5-7-17)20(18-8-10-19(25)11-9-18)12-22(29)28(15)13-21-26-16(2)27-32-21;1-14-21(22(28)29-13-15-5-3-2-4-6-15)18(16-7-9-17(23)10-8-16)11-19(25)24(14)12-20(26)27/h5-13,21H,14-16H2,1-4H3;3-11,20H,12-14H2,1-2H3;2-10,18H,11-13H2,1H3,(H,26,27). The Morgan fingerprint density at radius 3 is 1.12 bits per heavy atom. The highest BCUT2D eigenvalue weighted by Gasteiger charge is 2.41. The third kappa shape index (κ3) is 19.0. The van der Waals surface area contributed by atoms with Crippen molar-refractivity contribution in [2.45, 2.75) is 117 Å². The second-order valence-electron chi connectivity index (χ2n) is 23.3. The molecule has 3 unspecified atom stereocenters. The van der Waals surface area contributed by atoms with Crippen LogP contribution in [0.5, 0.6) is 0 Å². The predicted molar refractivity (Wildman–Crippen MR) is 350 cm³/mol. The monoisotopic (exact) mass is 1330 g/mol. The zero-order valence-electron chi connectivity index (χ0n) is 52.8. The number of aromatic nitrogens is 2. The van der Waals surface area contributed by atoms with Crippen LogP contribution in [-0.2, 0) is 83.7 Å². The van der Waals surface area contributed by atoms with Crippen molar-refractivity contribution in [1.29, 1.82) is 0 Å². The van der Waals surface area contributed by atoms with E-state index in [1.807, 2.05) is 103 Å². The van der Waals surface area contributed by atoms with Crippen molar-refractivity contribution in [1.82, 2.24) is 24.8 Å². The maximum atomic E-state index is 13.2. The number of carbonyl (C=O) groups excluding carboxylic acids is 7. The number of hydrogen-bond acceptors (Lipinski definition) is 15. The third-order valence-electron chi connectivity index (χ3n) is 15.4. The Morgan fingerprint density at radius 1 is 0.489 bits per heavy atom. The number of carboxylic acid groups (broad SMARTS) is 1. The molecule has 4 heterocycles. The van der Waals surface area contributed by atoms with Gasteiger partial charge in [-0.05, 0) is 118 Å². The molecule has 0 spiro atoms. The number of carboxylic acids is 1. The summed E-state index contributed by atoms with van der Waals surface area (Å²) in [5, 5.41) is 14.6. The summed E-state index contributed by atoms with van der Waals surface area (Å²) in [5.41, 5.74) is 6.46. The highest BCUT2D eigenvalue weighted by atomic mass is 35.5. The molecule has 7 aromatic rings. The smallest absolute Gasteiger partial charge is 0.336 e. The van der Waals surface area contributed by atoms with E-state index in [1.165, 1.54) is 9.80 Å². The molecule has 0 fully saturated rings. The summed E-state index contributed by atoms with van der Waals surface area (Å²) in [6, 6.07) is 49.1. The van der Waals surface area contributed by atoms with E-state index in [9.17, 15) is 38.4 Å². The number of halogens is 3. The van der Waals surface area contributed by atoms with E-state index in [4.69, 9.17) is 63.4 Å². The number of nitrogens with zero attached hydrogens (tertiary/aromatic N) is 5. The molecule has 22 heteroatoms. The van der Waals surface area contributed by atoms with E-state index < -0.39 is 59.7 Å². The number of amides is 3. The number of carbonyl (C=O) groups is 8. The Labute approximate surface area is 559 Å². The van der Waals surface area contributed by atoms with Gasteiger partial charge in [0.05, 0.1) is 16.7 Å². The molecule has 0 saturated carbocycles. The molecule has 1 aromatic heterocycles. The van der Waals surface area contributed by atoms with Crippen LogP contribution in [-0.4, -0.2) is 96.2 Å². The van der Waals surface area contributed by atoms with Crippen LogP contribution in [0.2, 0.25) is 15.1 Å². The fourth-order valence-electron chi connectivity index (χ4n) is 10.9. The topological polar surface area (TPSA) is 242 Å². The molecule has 0 saturated heterocycles. The van der Waals surface area contributed by atoms with Gasteiger partial charge in [0.1, 0.15) is 45.1 Å². The zero-order chi connectivity index (χ0) is 67.8. The fourth-order valence-corrected chi connectivity index (χ4v) is 11.3. The Hall–Kier alpha value is -9.69. The highest BCUT2D eigenvalue weighted by molar-refractivity contribution is 6.31. The third-order valence-corrected chi connectivity index (χ3v) is 16.2. The predicted octanol–water partition coefficient (Wildman–Crippen LogP) is 13.3. The first kappa shape index (κ1) is 70.2. The zero-order valence-corrected chi connectivity index (χ0v) is 55.1. The molecule has 19 nitrogen and oxygen atoms in total. The van der Waals surface area contributed by atoms with Crippen molar-refractivity contribution in [3.63, 3.8) is 0 Å². The number of aliphatic carboxylic acids is 1. The molecular weight excluding hydrogens is 1270 g/mol. The summed E-state index contributed by atoms with van der Waals surface area (Å²) in [5.74, 6) is -4.73. The molecule has 10 rings (SSSR count). The van der Waals surface area contributed by atoms with E-state index in [0.29, 0.717) is 55.0 Å².